The Morgan fingerprint density at radius 2 is 1.62 bits per heavy atom. The SMILES string of the molecule is CCOC(=O)C(O)(C/C=C/c1ccccc1)C(=O)OCC. The minimum atomic E-state index is -2.31. The van der Waals surface area contributed by atoms with E-state index in [1.165, 1.54) is 0 Å². The molecule has 0 fully saturated rings. The second kappa shape index (κ2) is 8.21. The van der Waals surface area contributed by atoms with E-state index in [0.717, 1.165) is 5.56 Å². The fourth-order valence-electron chi connectivity index (χ4n) is 1.68. The normalized spacial score (nSPS) is 11.4. The summed E-state index contributed by atoms with van der Waals surface area (Å²) < 4.78 is 9.51. The molecule has 0 heterocycles. The molecule has 0 aliphatic heterocycles. The lowest BCUT2D eigenvalue weighted by Crippen LogP contribution is -2.48. The van der Waals surface area contributed by atoms with Crippen molar-refractivity contribution in [3.63, 3.8) is 0 Å². The maximum Gasteiger partial charge on any atom is 0.350 e. The third kappa shape index (κ3) is 4.72. The highest BCUT2D eigenvalue weighted by atomic mass is 16.6. The van der Waals surface area contributed by atoms with Gasteiger partial charge >= 0.3 is 11.9 Å². The molecular formula is C16H20O5. The van der Waals surface area contributed by atoms with E-state index in [1.807, 2.05) is 30.3 Å². The van der Waals surface area contributed by atoms with Gasteiger partial charge in [0, 0.05) is 6.42 Å². The van der Waals surface area contributed by atoms with E-state index in [9.17, 15) is 14.7 Å². The monoisotopic (exact) mass is 292 g/mol. The largest absolute Gasteiger partial charge is 0.463 e. The fraction of sp³-hybridized carbons (Fsp3) is 0.375. The zero-order valence-corrected chi connectivity index (χ0v) is 12.2. The van der Waals surface area contributed by atoms with Gasteiger partial charge in [-0.25, -0.2) is 9.59 Å². The third-order valence-electron chi connectivity index (χ3n) is 2.75. The molecule has 0 bridgehead atoms. The van der Waals surface area contributed by atoms with E-state index in [0.29, 0.717) is 0 Å². The highest BCUT2D eigenvalue weighted by Crippen LogP contribution is 2.17. The molecule has 0 unspecified atom stereocenters. The van der Waals surface area contributed by atoms with Crippen LogP contribution < -0.4 is 0 Å². The molecule has 5 nitrogen and oxygen atoms in total. The molecule has 5 heteroatoms. The standard InChI is InChI=1S/C16H20O5/c1-3-20-14(17)16(19,15(18)21-4-2)12-8-11-13-9-6-5-7-10-13/h5-11,19H,3-4,12H2,1-2H3/b11-8+. The molecule has 1 aromatic rings. The summed E-state index contributed by atoms with van der Waals surface area (Å²) in [5.41, 5.74) is -1.41. The first-order valence-corrected chi connectivity index (χ1v) is 6.83. The van der Waals surface area contributed by atoms with Gasteiger partial charge in [0.15, 0.2) is 0 Å². The Bertz CT molecular complexity index is 475. The van der Waals surface area contributed by atoms with Gasteiger partial charge in [0.2, 0.25) is 0 Å². The lowest BCUT2D eigenvalue weighted by molar-refractivity contribution is -0.182. The summed E-state index contributed by atoms with van der Waals surface area (Å²) in [7, 11) is 0. The van der Waals surface area contributed by atoms with Crippen LogP contribution in [0.4, 0.5) is 0 Å². The summed E-state index contributed by atoms with van der Waals surface area (Å²) in [6, 6.07) is 9.34. The minimum Gasteiger partial charge on any atom is -0.463 e. The molecule has 0 aliphatic rings. The van der Waals surface area contributed by atoms with Crippen LogP contribution in [-0.2, 0) is 19.1 Å². The third-order valence-corrected chi connectivity index (χ3v) is 2.75. The van der Waals surface area contributed by atoms with Crippen LogP contribution in [0.25, 0.3) is 6.08 Å². The topological polar surface area (TPSA) is 72.8 Å². The van der Waals surface area contributed by atoms with Gasteiger partial charge in [-0.05, 0) is 19.4 Å². The highest BCUT2D eigenvalue weighted by Gasteiger charge is 2.46. The first kappa shape index (κ1) is 16.9. The molecule has 1 rings (SSSR count). The van der Waals surface area contributed by atoms with E-state index in [-0.39, 0.29) is 19.6 Å². The van der Waals surface area contributed by atoms with Crippen molar-refractivity contribution >= 4 is 18.0 Å². The number of carbonyl (C=O) groups excluding carboxylic acids is 2. The maximum atomic E-state index is 11.8. The Balaban J connectivity index is 2.84. The summed E-state index contributed by atoms with van der Waals surface area (Å²) in [6.45, 7) is 3.35. The van der Waals surface area contributed by atoms with Crippen LogP contribution in [0.5, 0.6) is 0 Å². The smallest absolute Gasteiger partial charge is 0.350 e. The van der Waals surface area contributed by atoms with Crippen molar-refractivity contribution in [1.29, 1.82) is 0 Å². The average Bonchev–Trinajstić information content (AvgIpc) is 2.48. The van der Waals surface area contributed by atoms with Crippen molar-refractivity contribution < 1.29 is 24.2 Å². The van der Waals surface area contributed by atoms with Crippen LogP contribution in [0.1, 0.15) is 25.8 Å². The number of rotatable bonds is 7. The molecule has 0 atom stereocenters. The van der Waals surface area contributed by atoms with Gasteiger partial charge in [0.1, 0.15) is 0 Å². The second-order valence-corrected chi connectivity index (χ2v) is 4.32. The van der Waals surface area contributed by atoms with Crippen molar-refractivity contribution in [2.24, 2.45) is 0 Å². The van der Waals surface area contributed by atoms with E-state index in [4.69, 9.17) is 9.47 Å². The number of hydrogen-bond donors (Lipinski definition) is 1. The average molecular weight is 292 g/mol. The molecule has 0 saturated carbocycles. The first-order chi connectivity index (χ1) is 10.0. The summed E-state index contributed by atoms with van der Waals surface area (Å²) in [4.78, 5) is 23.6. The Morgan fingerprint density at radius 1 is 1.10 bits per heavy atom. The maximum absolute atomic E-state index is 11.8. The number of carbonyl (C=O) groups is 2. The van der Waals surface area contributed by atoms with E-state index < -0.39 is 17.5 Å². The molecule has 0 spiro atoms. The summed E-state index contributed by atoms with van der Waals surface area (Å²) in [5.74, 6) is -2.00. The molecule has 21 heavy (non-hydrogen) atoms. The van der Waals surface area contributed by atoms with Crippen molar-refractivity contribution in [2.75, 3.05) is 13.2 Å². The highest BCUT2D eigenvalue weighted by molar-refractivity contribution is 6.03. The molecule has 0 aromatic heterocycles. The zero-order valence-electron chi connectivity index (χ0n) is 12.2. The van der Waals surface area contributed by atoms with Gasteiger partial charge in [0.05, 0.1) is 13.2 Å². The number of ether oxygens (including phenoxy) is 2. The van der Waals surface area contributed by atoms with Crippen molar-refractivity contribution in [3.05, 3.63) is 42.0 Å². The summed E-state index contributed by atoms with van der Waals surface area (Å²) in [5, 5.41) is 10.3. The molecule has 0 saturated heterocycles. The van der Waals surface area contributed by atoms with Gasteiger partial charge in [-0.3, -0.25) is 0 Å². The predicted molar refractivity (Wildman–Crippen MR) is 78.3 cm³/mol. The minimum absolute atomic E-state index is 0.0724. The Hall–Kier alpha value is -2.14. The van der Waals surface area contributed by atoms with Crippen LogP contribution in [0.2, 0.25) is 0 Å². The fourth-order valence-corrected chi connectivity index (χ4v) is 1.68. The summed E-state index contributed by atoms with van der Waals surface area (Å²) >= 11 is 0. The quantitative estimate of drug-likeness (QED) is 0.614. The second-order valence-electron chi connectivity index (χ2n) is 4.32. The van der Waals surface area contributed by atoms with E-state index >= 15 is 0 Å². The van der Waals surface area contributed by atoms with Crippen LogP contribution in [-0.4, -0.2) is 35.9 Å². The first-order valence-electron chi connectivity index (χ1n) is 6.83. The van der Waals surface area contributed by atoms with Crippen LogP contribution >= 0.6 is 0 Å². The molecule has 0 amide bonds. The Kier molecular flexibility index (Phi) is 6.62. The number of aliphatic hydroxyl groups is 1. The lowest BCUT2D eigenvalue weighted by Gasteiger charge is -2.22. The summed E-state index contributed by atoms with van der Waals surface area (Å²) in [6.07, 6.45) is 3.05. The van der Waals surface area contributed by atoms with E-state index in [2.05, 4.69) is 0 Å². The van der Waals surface area contributed by atoms with E-state index in [1.54, 1.807) is 26.0 Å². The van der Waals surface area contributed by atoms with Gasteiger partial charge in [0.25, 0.3) is 5.60 Å². The zero-order chi connectivity index (χ0) is 15.7. The molecule has 1 N–H and O–H groups in total. The molecule has 114 valence electrons. The Morgan fingerprint density at radius 3 is 2.10 bits per heavy atom. The van der Waals surface area contributed by atoms with Crippen LogP contribution in [0.15, 0.2) is 36.4 Å². The number of esters is 2. The number of benzene rings is 1. The van der Waals surface area contributed by atoms with Crippen LogP contribution in [0, 0.1) is 0 Å². The van der Waals surface area contributed by atoms with Gasteiger partial charge in [-0.2, -0.15) is 0 Å². The predicted octanol–water partition coefficient (Wildman–Crippen LogP) is 1.95. The van der Waals surface area contributed by atoms with Gasteiger partial charge in [-0.15, -0.1) is 0 Å². The van der Waals surface area contributed by atoms with Crippen LogP contribution in [0.3, 0.4) is 0 Å². The lowest BCUT2D eigenvalue weighted by atomic mass is 9.99. The van der Waals surface area contributed by atoms with Gasteiger partial charge < -0.3 is 14.6 Å². The molecule has 1 aromatic carbocycles. The molecule has 0 aliphatic carbocycles. The van der Waals surface area contributed by atoms with Crippen molar-refractivity contribution in [2.45, 2.75) is 25.9 Å². The van der Waals surface area contributed by atoms with Gasteiger partial charge in [-0.1, -0.05) is 42.5 Å². The number of hydrogen-bond acceptors (Lipinski definition) is 5. The van der Waals surface area contributed by atoms with Crippen molar-refractivity contribution in [3.8, 4) is 0 Å². The molecular weight excluding hydrogens is 272 g/mol. The molecule has 0 radical (unpaired) electrons. The Labute approximate surface area is 124 Å². The van der Waals surface area contributed by atoms with Crippen molar-refractivity contribution in [1.82, 2.24) is 0 Å².